The molecule has 0 saturated heterocycles. The Kier molecular flexibility index (Phi) is 0.913. The number of rotatable bonds is 0. The fourth-order valence-electron chi connectivity index (χ4n) is 0.761. The van der Waals surface area contributed by atoms with Crippen molar-refractivity contribution in [2.75, 3.05) is 0 Å². The third kappa shape index (κ3) is 0.570. The topological polar surface area (TPSA) is 54.5 Å². The van der Waals surface area contributed by atoms with E-state index in [1.165, 1.54) is 12.4 Å². The normalized spacial score (nSPS) is 10.5. The average Bonchev–Trinajstić information content (AvgIpc) is 2.34. The van der Waals surface area contributed by atoms with Gasteiger partial charge >= 0.3 is 0 Å². The number of hydrogen-bond donors (Lipinski definition) is 1. The van der Waals surface area contributed by atoms with Gasteiger partial charge in [0.15, 0.2) is 5.82 Å². The molecule has 0 spiro atoms. The van der Waals surface area contributed by atoms with Crippen LogP contribution in [0.4, 0.5) is 4.39 Å². The van der Waals surface area contributed by atoms with Crippen LogP contribution < -0.4 is 0 Å². The number of hydrogen-bond acceptors (Lipinski definition) is 3. The minimum Gasteiger partial charge on any atom is -0.356 e. The molecule has 2 rings (SSSR count). The second-order valence-corrected chi connectivity index (χ2v) is 1.83. The van der Waals surface area contributed by atoms with E-state index in [0.717, 1.165) is 0 Å². The zero-order valence-electron chi connectivity index (χ0n) is 4.87. The number of fused-ring (bicyclic) bond motifs is 1. The summed E-state index contributed by atoms with van der Waals surface area (Å²) in [6.07, 6.45) is 2.65. The van der Waals surface area contributed by atoms with E-state index in [4.69, 9.17) is 0 Å². The molecule has 0 radical (unpaired) electrons. The van der Waals surface area contributed by atoms with Crippen LogP contribution in [0.1, 0.15) is 0 Å². The van der Waals surface area contributed by atoms with Gasteiger partial charge < -0.3 is 4.98 Å². The molecule has 2 aromatic rings. The van der Waals surface area contributed by atoms with E-state index >= 15 is 0 Å². The minimum absolute atomic E-state index is 0.231. The number of nitrogens with zero attached hydrogens (tertiary/aromatic N) is 3. The molecular weight excluding hydrogens is 135 g/mol. The summed E-state index contributed by atoms with van der Waals surface area (Å²) >= 11 is 0. The lowest BCUT2D eigenvalue weighted by atomic mass is 10.5. The van der Waals surface area contributed by atoms with Gasteiger partial charge in [-0.05, 0) is 5.21 Å². The van der Waals surface area contributed by atoms with E-state index in [2.05, 4.69) is 20.4 Å². The number of aromatic amines is 1. The number of H-pyrrole nitrogens is 1. The summed E-state index contributed by atoms with van der Waals surface area (Å²) in [4.78, 5) is 2.65. The van der Waals surface area contributed by atoms with Crippen LogP contribution in [0.2, 0.25) is 0 Å². The molecule has 0 saturated carbocycles. The highest BCUT2D eigenvalue weighted by Gasteiger charge is 2.02. The molecule has 0 aliphatic carbocycles. The third-order valence-corrected chi connectivity index (χ3v) is 1.22. The summed E-state index contributed by atoms with van der Waals surface area (Å²) in [7, 11) is 0. The van der Waals surface area contributed by atoms with E-state index in [9.17, 15) is 4.39 Å². The SMILES string of the molecule is Fc1c[nH]c2cnnnc12. The largest absolute Gasteiger partial charge is 0.356 e. The summed E-state index contributed by atoms with van der Waals surface area (Å²) in [5, 5.41) is 10.2. The van der Waals surface area contributed by atoms with Gasteiger partial charge in [-0.2, -0.15) is 0 Å². The maximum atomic E-state index is 12.6. The Balaban J connectivity index is 2.93. The Hall–Kier alpha value is -1.52. The molecule has 2 aromatic heterocycles. The molecule has 0 atom stereocenters. The zero-order valence-corrected chi connectivity index (χ0v) is 4.87. The predicted octanol–water partition coefficient (Wildman–Crippen LogP) is 0.492. The van der Waals surface area contributed by atoms with Crippen molar-refractivity contribution in [1.29, 1.82) is 0 Å². The van der Waals surface area contributed by atoms with Crippen molar-refractivity contribution >= 4 is 11.0 Å². The van der Waals surface area contributed by atoms with Crippen molar-refractivity contribution in [1.82, 2.24) is 20.4 Å². The molecule has 1 N–H and O–H groups in total. The molecule has 0 bridgehead atoms. The van der Waals surface area contributed by atoms with Crippen molar-refractivity contribution in [3.8, 4) is 0 Å². The monoisotopic (exact) mass is 138 g/mol. The first kappa shape index (κ1) is 5.28. The lowest BCUT2D eigenvalue weighted by Gasteiger charge is -1.81. The Bertz CT molecular complexity index is 355. The van der Waals surface area contributed by atoms with E-state index in [-0.39, 0.29) is 5.52 Å². The smallest absolute Gasteiger partial charge is 0.168 e. The molecule has 0 unspecified atom stereocenters. The van der Waals surface area contributed by atoms with Crippen molar-refractivity contribution < 1.29 is 4.39 Å². The molecule has 10 heavy (non-hydrogen) atoms. The Labute approximate surface area is 55.1 Å². The van der Waals surface area contributed by atoms with Crippen molar-refractivity contribution in [3.63, 3.8) is 0 Å². The van der Waals surface area contributed by atoms with E-state index in [0.29, 0.717) is 5.52 Å². The van der Waals surface area contributed by atoms with Crippen molar-refractivity contribution in [2.45, 2.75) is 0 Å². The lowest BCUT2D eigenvalue weighted by molar-refractivity contribution is 0.634. The highest BCUT2D eigenvalue weighted by molar-refractivity contribution is 5.73. The van der Waals surface area contributed by atoms with Gasteiger partial charge in [-0.25, -0.2) is 4.39 Å². The third-order valence-electron chi connectivity index (χ3n) is 1.22. The first-order valence-electron chi connectivity index (χ1n) is 2.69. The van der Waals surface area contributed by atoms with Gasteiger partial charge in [0, 0.05) is 6.20 Å². The molecule has 0 fully saturated rings. The van der Waals surface area contributed by atoms with Gasteiger partial charge in [-0.15, -0.1) is 10.2 Å². The van der Waals surface area contributed by atoms with E-state index in [1.807, 2.05) is 0 Å². The van der Waals surface area contributed by atoms with Gasteiger partial charge in [-0.3, -0.25) is 0 Å². The Morgan fingerprint density at radius 1 is 1.50 bits per heavy atom. The van der Waals surface area contributed by atoms with Crippen LogP contribution in [0.15, 0.2) is 12.4 Å². The summed E-state index contributed by atoms with van der Waals surface area (Å²) in [5.41, 5.74) is 0.794. The maximum Gasteiger partial charge on any atom is 0.168 e. The van der Waals surface area contributed by atoms with Crippen molar-refractivity contribution in [3.05, 3.63) is 18.2 Å². The van der Waals surface area contributed by atoms with Crippen molar-refractivity contribution in [2.24, 2.45) is 0 Å². The highest BCUT2D eigenvalue weighted by Crippen LogP contribution is 2.09. The standard InChI is InChI=1S/C5H3FN4/c6-3-1-7-4-2-8-10-9-5(3)4/h1-2,7H. The van der Waals surface area contributed by atoms with E-state index < -0.39 is 5.82 Å². The molecule has 2 heterocycles. The minimum atomic E-state index is -0.398. The molecule has 5 heteroatoms. The van der Waals surface area contributed by atoms with Gasteiger partial charge in [0.25, 0.3) is 0 Å². The molecule has 0 aliphatic heterocycles. The summed E-state index contributed by atoms with van der Waals surface area (Å²) < 4.78 is 12.6. The molecule has 50 valence electrons. The molecule has 4 nitrogen and oxygen atoms in total. The average molecular weight is 138 g/mol. The molecular formula is C5H3FN4. The second kappa shape index (κ2) is 1.73. The number of halogens is 1. The van der Waals surface area contributed by atoms with E-state index in [1.54, 1.807) is 0 Å². The van der Waals surface area contributed by atoms with Crippen LogP contribution in [0, 0.1) is 5.82 Å². The van der Waals surface area contributed by atoms with Crippen LogP contribution in [0.25, 0.3) is 11.0 Å². The van der Waals surface area contributed by atoms with Crippen LogP contribution in [-0.2, 0) is 0 Å². The molecule has 0 aliphatic rings. The fourth-order valence-corrected chi connectivity index (χ4v) is 0.761. The quantitative estimate of drug-likeness (QED) is 0.576. The maximum absolute atomic E-state index is 12.6. The lowest BCUT2D eigenvalue weighted by Crippen LogP contribution is -1.85. The van der Waals surface area contributed by atoms with Gasteiger partial charge in [0.1, 0.15) is 5.52 Å². The van der Waals surface area contributed by atoms with Gasteiger partial charge in [0.05, 0.1) is 11.7 Å². The van der Waals surface area contributed by atoms with Crippen LogP contribution in [0.3, 0.4) is 0 Å². The Morgan fingerprint density at radius 2 is 2.40 bits per heavy atom. The number of nitrogens with one attached hydrogen (secondary N) is 1. The second-order valence-electron chi connectivity index (χ2n) is 1.83. The first-order chi connectivity index (χ1) is 4.88. The highest BCUT2D eigenvalue weighted by atomic mass is 19.1. The summed E-state index contributed by atoms with van der Waals surface area (Å²) in [6, 6.07) is 0. The van der Waals surface area contributed by atoms with Gasteiger partial charge in [0.2, 0.25) is 0 Å². The molecule has 0 aromatic carbocycles. The Morgan fingerprint density at radius 3 is 3.20 bits per heavy atom. The summed E-state index contributed by atoms with van der Waals surface area (Å²) in [5.74, 6) is -0.398. The van der Waals surface area contributed by atoms with Crippen LogP contribution in [0.5, 0.6) is 0 Å². The van der Waals surface area contributed by atoms with Gasteiger partial charge in [-0.1, -0.05) is 0 Å². The van der Waals surface area contributed by atoms with Crippen LogP contribution >= 0.6 is 0 Å². The van der Waals surface area contributed by atoms with Crippen LogP contribution in [-0.4, -0.2) is 20.4 Å². The summed E-state index contributed by atoms with van der Waals surface area (Å²) in [6.45, 7) is 0. The number of aromatic nitrogens is 4. The fraction of sp³-hybridized carbons (Fsp3) is 0. The molecule has 0 amide bonds. The predicted molar refractivity (Wildman–Crippen MR) is 31.6 cm³/mol. The first-order valence-corrected chi connectivity index (χ1v) is 2.69. The zero-order chi connectivity index (χ0) is 6.97.